The normalized spacial score (nSPS) is 15.8. The SMILES string of the molecule is COc1cc2c(Oc3ccc(N4C(=O)CN(Cc5cccc(C(F)(F)F)c5)C4=O)cc3F)ccnc2cc1OCCCN1CCOCC1. The number of halogens is 4. The Bertz CT molecular complexity index is 1810. The van der Waals surface area contributed by atoms with Gasteiger partial charge in [0.2, 0.25) is 0 Å². The summed E-state index contributed by atoms with van der Waals surface area (Å²) in [5, 5.41) is 0.536. The van der Waals surface area contributed by atoms with E-state index in [2.05, 4.69) is 9.88 Å². The van der Waals surface area contributed by atoms with Gasteiger partial charge >= 0.3 is 12.2 Å². The van der Waals surface area contributed by atoms with E-state index in [4.69, 9.17) is 18.9 Å². The fraction of sp³-hybridized carbons (Fsp3) is 0.324. The van der Waals surface area contributed by atoms with Gasteiger partial charge in [0.05, 0.1) is 43.7 Å². The number of urea groups is 1. The Morgan fingerprint density at radius 1 is 0.938 bits per heavy atom. The number of rotatable bonds is 11. The molecule has 2 fully saturated rings. The number of methoxy groups -OCH3 is 1. The summed E-state index contributed by atoms with van der Waals surface area (Å²) >= 11 is 0. The van der Waals surface area contributed by atoms with Gasteiger partial charge < -0.3 is 23.8 Å². The van der Waals surface area contributed by atoms with Crippen LogP contribution in [0.1, 0.15) is 17.5 Å². The summed E-state index contributed by atoms with van der Waals surface area (Å²) in [6.07, 6.45) is -2.22. The molecule has 0 bridgehead atoms. The van der Waals surface area contributed by atoms with Crippen LogP contribution in [0.2, 0.25) is 0 Å². The zero-order valence-corrected chi connectivity index (χ0v) is 26.0. The third kappa shape index (κ3) is 7.29. The number of aromatic nitrogens is 1. The Morgan fingerprint density at radius 2 is 1.75 bits per heavy atom. The average Bonchev–Trinajstić information content (AvgIpc) is 3.35. The molecule has 0 spiro atoms. The summed E-state index contributed by atoms with van der Waals surface area (Å²) in [5.74, 6) is -0.427. The van der Waals surface area contributed by atoms with Gasteiger partial charge in [0.15, 0.2) is 23.1 Å². The quantitative estimate of drug-likeness (QED) is 0.105. The largest absolute Gasteiger partial charge is 0.493 e. The van der Waals surface area contributed by atoms with Gasteiger partial charge in [0.25, 0.3) is 5.91 Å². The number of hydrogen-bond acceptors (Lipinski definition) is 8. The van der Waals surface area contributed by atoms with Crippen molar-refractivity contribution in [2.45, 2.75) is 19.1 Å². The molecule has 1 aromatic heterocycles. The second-order valence-corrected chi connectivity index (χ2v) is 11.3. The number of anilines is 1. The first-order valence-electron chi connectivity index (χ1n) is 15.3. The predicted octanol–water partition coefficient (Wildman–Crippen LogP) is 6.26. The lowest BCUT2D eigenvalue weighted by Crippen LogP contribution is -2.37. The van der Waals surface area contributed by atoms with E-state index in [1.807, 2.05) is 0 Å². The van der Waals surface area contributed by atoms with E-state index < -0.39 is 29.5 Å². The molecule has 3 heterocycles. The second kappa shape index (κ2) is 14.0. The molecule has 3 amide bonds. The van der Waals surface area contributed by atoms with Gasteiger partial charge in [-0.25, -0.2) is 14.1 Å². The first kappa shape index (κ1) is 33.0. The van der Waals surface area contributed by atoms with Crippen molar-refractivity contribution in [1.82, 2.24) is 14.8 Å². The highest BCUT2D eigenvalue weighted by Crippen LogP contribution is 2.38. The van der Waals surface area contributed by atoms with Gasteiger partial charge in [0.1, 0.15) is 12.3 Å². The second-order valence-electron chi connectivity index (χ2n) is 11.3. The first-order valence-corrected chi connectivity index (χ1v) is 15.3. The Kier molecular flexibility index (Phi) is 9.64. The summed E-state index contributed by atoms with van der Waals surface area (Å²) in [6.45, 7) is 4.01. The van der Waals surface area contributed by atoms with Crippen LogP contribution in [0.3, 0.4) is 0 Å². The maximum absolute atomic E-state index is 15.4. The summed E-state index contributed by atoms with van der Waals surface area (Å²) in [5.41, 5.74) is -0.177. The number of nitrogens with zero attached hydrogens (tertiary/aromatic N) is 4. The minimum absolute atomic E-state index is 0.0435. The van der Waals surface area contributed by atoms with E-state index in [-0.39, 0.29) is 35.8 Å². The number of alkyl halides is 3. The number of morpholine rings is 1. The summed E-state index contributed by atoms with van der Waals surface area (Å²) in [6, 6.07) is 12.4. The molecule has 0 aliphatic carbocycles. The van der Waals surface area contributed by atoms with E-state index in [9.17, 15) is 22.8 Å². The summed E-state index contributed by atoms with van der Waals surface area (Å²) in [4.78, 5) is 34.5. The van der Waals surface area contributed by atoms with Crippen molar-refractivity contribution in [1.29, 1.82) is 0 Å². The highest BCUT2D eigenvalue weighted by atomic mass is 19.4. The molecule has 2 saturated heterocycles. The molecular weight excluding hydrogens is 636 g/mol. The topological polar surface area (TPSA) is 93.7 Å². The molecular formula is C34H32F4N4O6. The van der Waals surface area contributed by atoms with Crippen LogP contribution in [0.15, 0.2) is 66.9 Å². The van der Waals surface area contributed by atoms with Crippen molar-refractivity contribution < 1.29 is 46.1 Å². The highest BCUT2D eigenvalue weighted by Gasteiger charge is 2.38. The summed E-state index contributed by atoms with van der Waals surface area (Å²) in [7, 11) is 1.51. The monoisotopic (exact) mass is 668 g/mol. The number of carbonyl (C=O) groups excluding carboxylic acids is 2. The van der Waals surface area contributed by atoms with Crippen LogP contribution in [0.25, 0.3) is 10.9 Å². The number of amides is 3. The van der Waals surface area contributed by atoms with Crippen molar-refractivity contribution >= 4 is 28.5 Å². The lowest BCUT2D eigenvalue weighted by Gasteiger charge is -2.26. The maximum atomic E-state index is 15.4. The molecule has 2 aliphatic rings. The van der Waals surface area contributed by atoms with Gasteiger partial charge in [-0.05, 0) is 48.4 Å². The van der Waals surface area contributed by atoms with Crippen molar-refractivity contribution in [3.8, 4) is 23.0 Å². The first-order chi connectivity index (χ1) is 23.1. The average molecular weight is 669 g/mol. The molecule has 10 nitrogen and oxygen atoms in total. The Morgan fingerprint density at radius 3 is 2.50 bits per heavy atom. The third-order valence-corrected chi connectivity index (χ3v) is 8.03. The summed E-state index contributed by atoms with van der Waals surface area (Å²) < 4.78 is 77.7. The number of hydrogen-bond donors (Lipinski definition) is 0. The zero-order valence-electron chi connectivity index (χ0n) is 26.0. The number of fused-ring (bicyclic) bond motifs is 1. The van der Waals surface area contributed by atoms with Crippen molar-refractivity contribution in [2.75, 3.05) is 58.0 Å². The lowest BCUT2D eigenvalue weighted by atomic mass is 10.1. The van der Waals surface area contributed by atoms with E-state index in [1.165, 1.54) is 37.6 Å². The molecule has 0 N–H and O–H groups in total. The molecule has 14 heteroatoms. The lowest BCUT2D eigenvalue weighted by molar-refractivity contribution is -0.137. The van der Waals surface area contributed by atoms with Gasteiger partial charge in [-0.2, -0.15) is 13.2 Å². The molecule has 3 aromatic carbocycles. The Balaban J connectivity index is 1.14. The van der Waals surface area contributed by atoms with E-state index in [1.54, 1.807) is 18.2 Å². The number of benzene rings is 3. The van der Waals surface area contributed by atoms with Gasteiger partial charge in [-0.15, -0.1) is 0 Å². The minimum atomic E-state index is -4.55. The van der Waals surface area contributed by atoms with Crippen LogP contribution in [0.5, 0.6) is 23.0 Å². The zero-order chi connectivity index (χ0) is 33.8. The molecule has 0 unspecified atom stereocenters. The van der Waals surface area contributed by atoms with Crippen LogP contribution in [-0.4, -0.2) is 79.8 Å². The molecule has 0 radical (unpaired) electrons. The predicted molar refractivity (Wildman–Crippen MR) is 167 cm³/mol. The molecule has 6 rings (SSSR count). The number of imide groups is 1. The van der Waals surface area contributed by atoms with Crippen molar-refractivity contribution in [3.63, 3.8) is 0 Å². The Labute approximate surface area is 273 Å². The minimum Gasteiger partial charge on any atom is -0.493 e. The van der Waals surface area contributed by atoms with E-state index in [0.29, 0.717) is 29.0 Å². The fourth-order valence-corrected chi connectivity index (χ4v) is 5.61. The van der Waals surface area contributed by atoms with E-state index in [0.717, 1.165) is 67.3 Å². The van der Waals surface area contributed by atoms with Gasteiger partial charge in [0, 0.05) is 49.9 Å². The number of carbonyl (C=O) groups is 2. The van der Waals surface area contributed by atoms with Crippen LogP contribution in [-0.2, 0) is 22.3 Å². The molecule has 48 heavy (non-hydrogen) atoms. The number of pyridine rings is 1. The van der Waals surface area contributed by atoms with Crippen molar-refractivity contribution in [3.05, 3.63) is 83.8 Å². The van der Waals surface area contributed by atoms with Gasteiger partial charge in [-0.1, -0.05) is 12.1 Å². The third-order valence-electron chi connectivity index (χ3n) is 8.03. The highest BCUT2D eigenvalue weighted by molar-refractivity contribution is 6.19. The van der Waals surface area contributed by atoms with Gasteiger partial charge in [-0.3, -0.25) is 14.7 Å². The standard InChI is InChI=1S/C34H32F4N4O6/c1-45-30-18-25-27(19-31(30)47-13-3-10-40-11-14-46-15-12-40)39-9-8-28(25)48-29-7-6-24(17-26(29)35)42-32(43)21-41(33(42)44)20-22-4-2-5-23(16-22)34(36,37)38/h2,4-9,16-19H,3,10-15,20-21H2,1H3. The molecule has 4 aromatic rings. The van der Waals surface area contributed by atoms with Crippen molar-refractivity contribution in [2.24, 2.45) is 0 Å². The van der Waals surface area contributed by atoms with E-state index >= 15 is 4.39 Å². The molecule has 0 saturated carbocycles. The fourth-order valence-electron chi connectivity index (χ4n) is 5.61. The molecule has 0 atom stereocenters. The molecule has 2 aliphatic heterocycles. The maximum Gasteiger partial charge on any atom is 0.416 e. The van der Waals surface area contributed by atoms with Crippen LogP contribution >= 0.6 is 0 Å². The molecule has 252 valence electrons. The van der Waals surface area contributed by atoms with Crippen LogP contribution in [0.4, 0.5) is 28.0 Å². The number of ether oxygens (including phenoxy) is 4. The Hall–Kier alpha value is -4.95. The van der Waals surface area contributed by atoms with Crippen LogP contribution < -0.4 is 19.1 Å². The smallest absolute Gasteiger partial charge is 0.416 e. The van der Waals surface area contributed by atoms with Crippen LogP contribution in [0, 0.1) is 5.82 Å².